The van der Waals surface area contributed by atoms with E-state index in [9.17, 15) is 9.90 Å². The van der Waals surface area contributed by atoms with E-state index in [2.05, 4.69) is 15.4 Å². The van der Waals surface area contributed by atoms with E-state index in [1.54, 1.807) is 4.52 Å². The van der Waals surface area contributed by atoms with Gasteiger partial charge < -0.3 is 10.4 Å². The molecule has 1 atom stereocenters. The first-order chi connectivity index (χ1) is 11.1. The van der Waals surface area contributed by atoms with Crippen molar-refractivity contribution >= 4 is 17.3 Å². The molecule has 0 amide bonds. The number of nitrogens with zero attached hydrogens (tertiary/aromatic N) is 3. The molecule has 0 unspecified atom stereocenters. The van der Waals surface area contributed by atoms with Crippen molar-refractivity contribution in [1.82, 2.24) is 14.6 Å². The zero-order valence-corrected chi connectivity index (χ0v) is 13.0. The summed E-state index contributed by atoms with van der Waals surface area (Å²) in [5, 5.41) is 16.9. The molecule has 0 aliphatic carbocycles. The molecule has 2 heterocycles. The Morgan fingerprint density at radius 2 is 2.09 bits per heavy atom. The highest BCUT2D eigenvalue weighted by Crippen LogP contribution is 2.27. The van der Waals surface area contributed by atoms with E-state index in [0.717, 1.165) is 16.6 Å². The molecule has 0 fully saturated rings. The van der Waals surface area contributed by atoms with Gasteiger partial charge in [-0.05, 0) is 24.5 Å². The smallest absolute Gasteiger partial charge is 0.337 e. The van der Waals surface area contributed by atoms with Gasteiger partial charge in [-0.3, -0.25) is 0 Å². The molecular formula is C17H18N4O2. The van der Waals surface area contributed by atoms with Crippen molar-refractivity contribution in [2.75, 3.05) is 5.32 Å². The van der Waals surface area contributed by atoms with Crippen molar-refractivity contribution in [2.24, 2.45) is 0 Å². The first-order valence-corrected chi connectivity index (χ1v) is 7.51. The lowest BCUT2D eigenvalue weighted by Gasteiger charge is -2.16. The Kier molecular flexibility index (Phi) is 3.97. The van der Waals surface area contributed by atoms with Gasteiger partial charge in [0.1, 0.15) is 11.8 Å². The van der Waals surface area contributed by atoms with E-state index in [1.807, 2.05) is 44.2 Å². The van der Waals surface area contributed by atoms with Crippen LogP contribution in [-0.2, 0) is 6.42 Å². The third-order valence-corrected chi connectivity index (χ3v) is 3.92. The topological polar surface area (TPSA) is 79.5 Å². The fourth-order valence-electron chi connectivity index (χ4n) is 2.75. The van der Waals surface area contributed by atoms with Crippen molar-refractivity contribution in [1.29, 1.82) is 0 Å². The van der Waals surface area contributed by atoms with Gasteiger partial charge in [-0.25, -0.2) is 14.3 Å². The second-order valence-electron chi connectivity index (χ2n) is 5.36. The molecule has 2 N–H and O–H groups in total. The molecule has 2 aromatic heterocycles. The third-order valence-electron chi connectivity index (χ3n) is 3.92. The number of aromatic nitrogens is 3. The number of carbonyl (C=O) groups is 1. The minimum atomic E-state index is -0.950. The first-order valence-electron chi connectivity index (χ1n) is 7.51. The quantitative estimate of drug-likeness (QED) is 0.756. The summed E-state index contributed by atoms with van der Waals surface area (Å²) in [6.45, 7) is 3.97. The maximum Gasteiger partial charge on any atom is 0.337 e. The SMILES string of the molecule is CCc1c(C(=O)O)cn2ncnc(N[C@@H](C)c3ccccc3)c12. The van der Waals surface area contributed by atoms with Crippen LogP contribution in [0.1, 0.15) is 41.4 Å². The van der Waals surface area contributed by atoms with Gasteiger partial charge in [-0.1, -0.05) is 37.3 Å². The second kappa shape index (κ2) is 6.08. The number of fused-ring (bicyclic) bond motifs is 1. The van der Waals surface area contributed by atoms with Crippen molar-refractivity contribution < 1.29 is 9.90 Å². The molecule has 1 aromatic carbocycles. The largest absolute Gasteiger partial charge is 0.478 e. The number of rotatable bonds is 5. The van der Waals surface area contributed by atoms with Gasteiger partial charge >= 0.3 is 5.97 Å². The molecule has 23 heavy (non-hydrogen) atoms. The van der Waals surface area contributed by atoms with E-state index in [1.165, 1.54) is 12.5 Å². The molecule has 6 heteroatoms. The maximum absolute atomic E-state index is 11.4. The Labute approximate surface area is 133 Å². The van der Waals surface area contributed by atoms with Crippen LogP contribution >= 0.6 is 0 Å². The number of hydrogen-bond donors (Lipinski definition) is 2. The summed E-state index contributed by atoms with van der Waals surface area (Å²) in [6.07, 6.45) is 3.56. The lowest BCUT2D eigenvalue weighted by molar-refractivity contribution is 0.0696. The third kappa shape index (κ3) is 2.75. The summed E-state index contributed by atoms with van der Waals surface area (Å²) < 4.78 is 1.58. The van der Waals surface area contributed by atoms with Gasteiger partial charge in [-0.2, -0.15) is 5.10 Å². The second-order valence-corrected chi connectivity index (χ2v) is 5.36. The van der Waals surface area contributed by atoms with E-state index in [4.69, 9.17) is 0 Å². The first kappa shape index (κ1) is 15.0. The lowest BCUT2D eigenvalue weighted by Crippen LogP contribution is -2.10. The summed E-state index contributed by atoms with van der Waals surface area (Å²) in [7, 11) is 0. The molecule has 3 rings (SSSR count). The Hall–Kier alpha value is -2.89. The predicted octanol–water partition coefficient (Wildman–Crippen LogP) is 3.16. The van der Waals surface area contributed by atoms with Crippen LogP contribution < -0.4 is 5.32 Å². The highest BCUT2D eigenvalue weighted by atomic mass is 16.4. The van der Waals surface area contributed by atoms with Gasteiger partial charge in [0.05, 0.1) is 11.6 Å². The zero-order valence-electron chi connectivity index (χ0n) is 13.0. The van der Waals surface area contributed by atoms with Crippen LogP contribution in [0.15, 0.2) is 42.9 Å². The Balaban J connectivity index is 2.06. The molecule has 0 spiro atoms. The maximum atomic E-state index is 11.4. The van der Waals surface area contributed by atoms with Crippen LogP contribution in [0.3, 0.4) is 0 Å². The van der Waals surface area contributed by atoms with E-state index in [0.29, 0.717) is 12.2 Å². The van der Waals surface area contributed by atoms with E-state index in [-0.39, 0.29) is 11.6 Å². The molecule has 0 bridgehead atoms. The van der Waals surface area contributed by atoms with Gasteiger partial charge in [0.15, 0.2) is 5.82 Å². The predicted molar refractivity (Wildman–Crippen MR) is 87.8 cm³/mol. The fraction of sp³-hybridized carbons (Fsp3) is 0.235. The van der Waals surface area contributed by atoms with Gasteiger partial charge in [-0.15, -0.1) is 0 Å². The van der Waals surface area contributed by atoms with Crippen LogP contribution in [0, 0.1) is 0 Å². The van der Waals surface area contributed by atoms with Crippen molar-refractivity contribution in [2.45, 2.75) is 26.3 Å². The highest BCUT2D eigenvalue weighted by Gasteiger charge is 2.19. The normalized spacial score (nSPS) is 12.3. The molecule has 0 aliphatic heterocycles. The number of aromatic carboxylic acids is 1. The van der Waals surface area contributed by atoms with Crippen LogP contribution in [0.2, 0.25) is 0 Å². The van der Waals surface area contributed by atoms with Gasteiger partial charge in [0.25, 0.3) is 0 Å². The average Bonchev–Trinajstić information content (AvgIpc) is 2.95. The van der Waals surface area contributed by atoms with Crippen LogP contribution in [-0.4, -0.2) is 25.7 Å². The van der Waals surface area contributed by atoms with E-state index >= 15 is 0 Å². The molecule has 0 radical (unpaired) electrons. The van der Waals surface area contributed by atoms with Gasteiger partial charge in [0, 0.05) is 6.20 Å². The Morgan fingerprint density at radius 1 is 1.35 bits per heavy atom. The number of anilines is 1. The number of carboxylic acid groups (broad SMARTS) is 1. The lowest BCUT2D eigenvalue weighted by atomic mass is 10.1. The number of aryl methyl sites for hydroxylation is 1. The minimum absolute atomic E-state index is 0.0442. The average molecular weight is 310 g/mol. The number of benzene rings is 1. The summed E-state index contributed by atoms with van der Waals surface area (Å²) in [5.41, 5.74) is 2.85. The number of hydrogen-bond acceptors (Lipinski definition) is 4. The molecule has 6 nitrogen and oxygen atoms in total. The van der Waals surface area contributed by atoms with Crippen LogP contribution in [0.25, 0.3) is 5.52 Å². The summed E-state index contributed by atoms with van der Waals surface area (Å²) in [6, 6.07) is 10.1. The number of carboxylic acids is 1. The van der Waals surface area contributed by atoms with Crippen LogP contribution in [0.5, 0.6) is 0 Å². The van der Waals surface area contributed by atoms with E-state index < -0.39 is 5.97 Å². The van der Waals surface area contributed by atoms with Gasteiger partial charge in [0.2, 0.25) is 0 Å². The summed E-state index contributed by atoms with van der Waals surface area (Å²) in [5.74, 6) is -0.310. The minimum Gasteiger partial charge on any atom is -0.478 e. The van der Waals surface area contributed by atoms with Crippen LogP contribution in [0.4, 0.5) is 5.82 Å². The Morgan fingerprint density at radius 3 is 2.74 bits per heavy atom. The van der Waals surface area contributed by atoms with Crippen molar-refractivity contribution in [3.05, 3.63) is 59.5 Å². The molecule has 0 saturated heterocycles. The standard InChI is InChI=1S/C17H18N4O2/c1-3-13-14(17(22)23)9-21-15(13)16(18-10-19-21)20-11(2)12-7-5-4-6-8-12/h4-11H,3H2,1-2H3,(H,22,23)(H,18,19,20)/t11-/m0/s1. The number of nitrogens with one attached hydrogen (secondary N) is 1. The molecular weight excluding hydrogens is 292 g/mol. The summed E-state index contributed by atoms with van der Waals surface area (Å²) >= 11 is 0. The zero-order chi connectivity index (χ0) is 16.4. The fourth-order valence-corrected chi connectivity index (χ4v) is 2.75. The van der Waals surface area contributed by atoms with Crippen molar-refractivity contribution in [3.63, 3.8) is 0 Å². The molecule has 0 saturated carbocycles. The Bertz CT molecular complexity index is 842. The van der Waals surface area contributed by atoms with Crippen molar-refractivity contribution in [3.8, 4) is 0 Å². The highest BCUT2D eigenvalue weighted by molar-refractivity contribution is 5.94. The molecule has 3 aromatic rings. The monoisotopic (exact) mass is 310 g/mol. The molecule has 0 aliphatic rings. The molecule has 118 valence electrons. The summed E-state index contributed by atoms with van der Waals surface area (Å²) in [4.78, 5) is 15.7.